The second kappa shape index (κ2) is 10.3. The first-order chi connectivity index (χ1) is 17.4. The van der Waals surface area contributed by atoms with Gasteiger partial charge in [-0.2, -0.15) is 15.0 Å². The van der Waals surface area contributed by atoms with Crippen LogP contribution < -0.4 is 25.8 Å². The first-order valence-electron chi connectivity index (χ1n) is 15.0. The largest absolute Gasteiger partial charge is 0.349 e. The van der Waals surface area contributed by atoms with Crippen molar-refractivity contribution in [2.24, 2.45) is 5.41 Å². The van der Waals surface area contributed by atoms with Gasteiger partial charge in [-0.1, -0.05) is 20.8 Å². The van der Waals surface area contributed by atoms with Gasteiger partial charge in [-0.15, -0.1) is 0 Å². The van der Waals surface area contributed by atoms with Crippen molar-refractivity contribution < 1.29 is 0 Å². The van der Waals surface area contributed by atoms with Crippen molar-refractivity contribution in [3.8, 4) is 0 Å². The van der Waals surface area contributed by atoms with Crippen LogP contribution in [0.4, 0.5) is 17.8 Å². The Balaban J connectivity index is 2.01. The maximum atomic E-state index is 5.13. The van der Waals surface area contributed by atoms with Gasteiger partial charge in [0.15, 0.2) is 0 Å². The predicted molar refractivity (Wildman–Crippen MR) is 167 cm³/mol. The summed E-state index contributed by atoms with van der Waals surface area (Å²) in [6, 6.07) is 0.646. The molecule has 8 heteroatoms. The van der Waals surface area contributed by atoms with Crippen molar-refractivity contribution in [2.45, 2.75) is 162 Å². The highest BCUT2D eigenvalue weighted by atomic mass is 15.4. The Kier molecular flexibility index (Phi) is 8.42. The van der Waals surface area contributed by atoms with Gasteiger partial charge in [0.2, 0.25) is 17.8 Å². The fraction of sp³-hybridized carbons (Fsp3) is 0.903. The molecule has 2 aliphatic heterocycles. The van der Waals surface area contributed by atoms with Crippen LogP contribution in [-0.4, -0.2) is 68.8 Å². The zero-order chi connectivity index (χ0) is 29.8. The fourth-order valence-electron chi connectivity index (χ4n) is 7.81. The first kappa shape index (κ1) is 31.9. The molecule has 1 aromatic rings. The van der Waals surface area contributed by atoms with E-state index in [1.54, 1.807) is 0 Å². The molecule has 0 spiro atoms. The van der Waals surface area contributed by atoms with E-state index in [4.69, 9.17) is 15.0 Å². The molecule has 39 heavy (non-hydrogen) atoms. The predicted octanol–water partition coefficient (Wildman–Crippen LogP) is 5.99. The van der Waals surface area contributed by atoms with Crippen molar-refractivity contribution in [1.82, 2.24) is 25.6 Å². The van der Waals surface area contributed by atoms with Crippen molar-refractivity contribution in [1.29, 1.82) is 0 Å². The van der Waals surface area contributed by atoms with E-state index in [1.165, 1.54) is 0 Å². The zero-order valence-corrected chi connectivity index (χ0v) is 27.9. The molecule has 0 bridgehead atoms. The van der Waals surface area contributed by atoms with Crippen LogP contribution in [0.1, 0.15) is 122 Å². The number of nitrogens with zero attached hydrogens (tertiary/aromatic N) is 5. The molecule has 3 heterocycles. The molecule has 2 aliphatic rings. The van der Waals surface area contributed by atoms with Gasteiger partial charge in [0.1, 0.15) is 0 Å². The number of hydrogen-bond donors (Lipinski definition) is 3. The van der Waals surface area contributed by atoms with Crippen molar-refractivity contribution in [2.75, 3.05) is 29.2 Å². The minimum absolute atomic E-state index is 0.0371. The Labute approximate surface area is 239 Å². The van der Waals surface area contributed by atoms with Crippen LogP contribution in [0.25, 0.3) is 0 Å². The normalized spacial score (nSPS) is 23.4. The second-order valence-corrected chi connectivity index (χ2v) is 17.1. The molecular formula is C31H60N8. The van der Waals surface area contributed by atoms with Gasteiger partial charge in [0.25, 0.3) is 0 Å². The SMILES string of the molecule is CN(c1nc(NC(C)(C)CC(C)(C)C)nc(N(C)C2CC(C)(C)NC(C)(C)C2)n1)C1CC(C)(C)NC(C)(C)C1. The third-order valence-electron chi connectivity index (χ3n) is 8.10. The highest BCUT2D eigenvalue weighted by Crippen LogP contribution is 2.36. The molecule has 2 saturated heterocycles. The van der Waals surface area contributed by atoms with Crippen LogP contribution in [0.3, 0.4) is 0 Å². The average Bonchev–Trinajstić information content (AvgIpc) is 2.65. The summed E-state index contributed by atoms with van der Waals surface area (Å²) in [5.74, 6) is 2.14. The van der Waals surface area contributed by atoms with Crippen molar-refractivity contribution in [3.63, 3.8) is 0 Å². The zero-order valence-electron chi connectivity index (χ0n) is 27.9. The van der Waals surface area contributed by atoms with Crippen LogP contribution in [0.2, 0.25) is 0 Å². The fourth-order valence-corrected chi connectivity index (χ4v) is 7.81. The van der Waals surface area contributed by atoms with E-state index in [-0.39, 0.29) is 33.1 Å². The molecule has 2 fully saturated rings. The van der Waals surface area contributed by atoms with Crippen LogP contribution in [0.5, 0.6) is 0 Å². The summed E-state index contributed by atoms with van der Waals surface area (Å²) in [5, 5.41) is 11.3. The van der Waals surface area contributed by atoms with E-state index in [9.17, 15) is 0 Å². The molecule has 0 radical (unpaired) electrons. The Morgan fingerprint density at radius 2 is 1.00 bits per heavy atom. The lowest BCUT2D eigenvalue weighted by Gasteiger charge is -2.49. The molecule has 0 amide bonds. The number of aromatic nitrogens is 3. The highest BCUT2D eigenvalue weighted by Gasteiger charge is 2.42. The van der Waals surface area contributed by atoms with E-state index in [1.807, 2.05) is 0 Å². The summed E-state index contributed by atoms with van der Waals surface area (Å²) in [7, 11) is 4.31. The molecule has 0 saturated carbocycles. The Bertz CT molecular complexity index is 910. The van der Waals surface area contributed by atoms with Gasteiger partial charge in [0.05, 0.1) is 0 Å². The lowest BCUT2D eigenvalue weighted by Crippen LogP contribution is -2.62. The van der Waals surface area contributed by atoms with Gasteiger partial charge in [0, 0.05) is 53.9 Å². The number of hydrogen-bond acceptors (Lipinski definition) is 8. The number of nitrogens with one attached hydrogen (secondary N) is 3. The molecule has 8 nitrogen and oxygen atoms in total. The second-order valence-electron chi connectivity index (χ2n) is 17.1. The Hall–Kier alpha value is -1.67. The lowest BCUT2D eigenvalue weighted by molar-refractivity contribution is 0.160. The van der Waals surface area contributed by atoms with Gasteiger partial charge >= 0.3 is 0 Å². The maximum Gasteiger partial charge on any atom is 0.231 e. The third kappa shape index (κ3) is 8.91. The van der Waals surface area contributed by atoms with Crippen LogP contribution in [0.15, 0.2) is 0 Å². The number of anilines is 3. The minimum Gasteiger partial charge on any atom is -0.349 e. The van der Waals surface area contributed by atoms with Gasteiger partial charge in [-0.25, -0.2) is 0 Å². The van der Waals surface area contributed by atoms with Crippen LogP contribution in [-0.2, 0) is 0 Å². The molecule has 0 aromatic carbocycles. The standard InChI is InChI=1S/C31H60N8/c1-26(2,3)20-31(12,13)35-23-32-24(38(14)21-16-27(4,5)36-28(6,7)17-21)34-25(33-23)39(15)22-18-29(8,9)37-30(10,11)19-22/h21-22,36-37H,16-20H2,1-15H3,(H,32,33,34,35). The van der Waals surface area contributed by atoms with Gasteiger partial charge in [-0.3, -0.25) is 0 Å². The van der Waals surface area contributed by atoms with E-state index in [0.717, 1.165) is 44.0 Å². The molecule has 1 aromatic heterocycles. The summed E-state index contributed by atoms with van der Waals surface area (Å²) in [6.45, 7) is 29.7. The molecule has 224 valence electrons. The van der Waals surface area contributed by atoms with Crippen molar-refractivity contribution >= 4 is 17.8 Å². The highest BCUT2D eigenvalue weighted by molar-refractivity contribution is 5.47. The Morgan fingerprint density at radius 3 is 1.31 bits per heavy atom. The van der Waals surface area contributed by atoms with Crippen molar-refractivity contribution in [3.05, 3.63) is 0 Å². The first-order valence-corrected chi connectivity index (χ1v) is 15.0. The van der Waals surface area contributed by atoms with E-state index in [0.29, 0.717) is 18.0 Å². The summed E-state index contributed by atoms with van der Waals surface area (Å²) in [6.07, 6.45) is 5.10. The molecule has 0 aliphatic carbocycles. The average molecular weight is 545 g/mol. The van der Waals surface area contributed by atoms with E-state index in [2.05, 4.69) is 130 Å². The molecular weight excluding hydrogens is 484 g/mol. The van der Waals surface area contributed by atoms with E-state index >= 15 is 0 Å². The topological polar surface area (TPSA) is 81.2 Å². The minimum atomic E-state index is -0.164. The monoisotopic (exact) mass is 544 g/mol. The maximum absolute atomic E-state index is 5.13. The lowest BCUT2D eigenvalue weighted by atomic mass is 9.79. The molecule has 3 rings (SSSR count). The van der Waals surface area contributed by atoms with E-state index < -0.39 is 0 Å². The molecule has 0 atom stereocenters. The third-order valence-corrected chi connectivity index (χ3v) is 8.10. The number of rotatable bonds is 7. The molecule has 3 N–H and O–H groups in total. The van der Waals surface area contributed by atoms with Crippen LogP contribution in [0, 0.1) is 5.41 Å². The van der Waals surface area contributed by atoms with Gasteiger partial charge in [-0.05, 0) is 107 Å². The smallest absolute Gasteiger partial charge is 0.231 e. The summed E-state index contributed by atoms with van der Waals surface area (Å²) >= 11 is 0. The molecule has 0 unspecified atom stereocenters. The van der Waals surface area contributed by atoms with Crippen LogP contribution >= 0.6 is 0 Å². The quantitative estimate of drug-likeness (QED) is 0.386. The summed E-state index contributed by atoms with van der Waals surface area (Å²) < 4.78 is 0. The number of piperidine rings is 2. The summed E-state index contributed by atoms with van der Waals surface area (Å²) in [5.41, 5.74) is 0.166. The summed E-state index contributed by atoms with van der Waals surface area (Å²) in [4.78, 5) is 19.8. The van der Waals surface area contributed by atoms with Gasteiger partial charge < -0.3 is 25.8 Å². The Morgan fingerprint density at radius 1 is 0.667 bits per heavy atom.